The number of ether oxygens (including phenoxy) is 1. The highest BCUT2D eigenvalue weighted by Crippen LogP contribution is 2.44. The predicted molar refractivity (Wildman–Crippen MR) is 238 cm³/mol. The third kappa shape index (κ3) is 14.0. The molecule has 4 aliphatic rings. The maximum Gasteiger partial charge on any atom is 0.0469 e. The summed E-state index contributed by atoms with van der Waals surface area (Å²) < 4.78 is 6.15. The Hall–Kier alpha value is -2.12. The van der Waals surface area contributed by atoms with Gasteiger partial charge >= 0.3 is 0 Å². The van der Waals surface area contributed by atoms with E-state index in [0.717, 1.165) is 48.7 Å². The molecule has 0 radical (unpaired) electrons. The van der Waals surface area contributed by atoms with Gasteiger partial charge in [0.1, 0.15) is 0 Å². The third-order valence-electron chi connectivity index (χ3n) is 15.1. The molecule has 55 heavy (non-hydrogen) atoms. The topological polar surface area (TPSA) is 9.23 Å². The first-order chi connectivity index (χ1) is 27.2. The molecule has 2 aromatic carbocycles. The zero-order valence-corrected chi connectivity index (χ0v) is 35.9. The van der Waals surface area contributed by atoms with Crippen LogP contribution in [-0.4, -0.2) is 13.2 Å². The van der Waals surface area contributed by atoms with Gasteiger partial charge < -0.3 is 4.74 Å². The van der Waals surface area contributed by atoms with Gasteiger partial charge in [0.15, 0.2) is 0 Å². The summed E-state index contributed by atoms with van der Waals surface area (Å²) in [5.74, 6) is 5.38. The molecule has 304 valence electrons. The van der Waals surface area contributed by atoms with Crippen LogP contribution in [0.2, 0.25) is 0 Å². The van der Waals surface area contributed by atoms with Crippen LogP contribution in [0.3, 0.4) is 0 Å². The highest BCUT2D eigenvalue weighted by atomic mass is 16.5. The minimum Gasteiger partial charge on any atom is -0.381 e. The van der Waals surface area contributed by atoms with Crippen molar-refractivity contribution in [1.82, 2.24) is 0 Å². The summed E-state index contributed by atoms with van der Waals surface area (Å²) in [4.78, 5) is 0. The first-order valence-electron chi connectivity index (χ1n) is 24.3. The van der Waals surface area contributed by atoms with Crippen molar-refractivity contribution in [2.75, 3.05) is 13.2 Å². The Kier molecular flexibility index (Phi) is 18.5. The highest BCUT2D eigenvalue weighted by Gasteiger charge is 2.30. The van der Waals surface area contributed by atoms with Gasteiger partial charge in [0, 0.05) is 13.2 Å². The Morgan fingerprint density at radius 1 is 0.418 bits per heavy atom. The average Bonchev–Trinajstić information content (AvgIpc) is 3.25. The van der Waals surface area contributed by atoms with E-state index in [0.29, 0.717) is 0 Å². The molecule has 0 N–H and O–H groups in total. The smallest absolute Gasteiger partial charge is 0.0469 e. The van der Waals surface area contributed by atoms with Gasteiger partial charge in [-0.3, -0.25) is 0 Å². The highest BCUT2D eigenvalue weighted by molar-refractivity contribution is 5.27. The molecule has 0 saturated heterocycles. The van der Waals surface area contributed by atoms with E-state index in [-0.39, 0.29) is 0 Å². The summed E-state index contributed by atoms with van der Waals surface area (Å²) in [5, 5.41) is 0. The number of rotatable bonds is 22. The lowest BCUT2D eigenvalue weighted by Crippen LogP contribution is -2.22. The normalized spacial score (nSPS) is 26.1. The van der Waals surface area contributed by atoms with Crippen LogP contribution < -0.4 is 0 Å². The maximum atomic E-state index is 6.15. The second kappa shape index (κ2) is 24.0. The predicted octanol–water partition coefficient (Wildman–Crippen LogP) is 16.2. The van der Waals surface area contributed by atoms with Crippen LogP contribution in [-0.2, 0) is 17.6 Å². The largest absolute Gasteiger partial charge is 0.381 e. The molecule has 6 rings (SSSR count). The van der Waals surface area contributed by atoms with E-state index < -0.39 is 0 Å². The van der Waals surface area contributed by atoms with Crippen molar-refractivity contribution < 1.29 is 4.74 Å². The summed E-state index contributed by atoms with van der Waals surface area (Å²) in [6.45, 7) is 6.48. The quantitative estimate of drug-likeness (QED) is 0.0861. The van der Waals surface area contributed by atoms with Gasteiger partial charge in [-0.15, -0.1) is 0 Å². The lowest BCUT2D eigenvalue weighted by molar-refractivity contribution is 0.129. The van der Waals surface area contributed by atoms with Gasteiger partial charge in [-0.1, -0.05) is 124 Å². The molecular weight excluding hydrogens is 665 g/mol. The number of allylic oxidation sites excluding steroid dienone is 4. The average molecular weight is 747 g/mol. The van der Waals surface area contributed by atoms with E-state index in [1.807, 2.05) is 0 Å². The Morgan fingerprint density at radius 3 is 1.20 bits per heavy atom. The summed E-state index contributed by atoms with van der Waals surface area (Å²) in [7, 11) is 0. The van der Waals surface area contributed by atoms with Crippen molar-refractivity contribution in [3.05, 3.63) is 94.1 Å². The third-order valence-corrected chi connectivity index (χ3v) is 15.1. The van der Waals surface area contributed by atoms with Crippen LogP contribution in [0.5, 0.6) is 0 Å². The second-order valence-electron chi connectivity index (χ2n) is 18.9. The number of hydrogen-bond acceptors (Lipinski definition) is 1. The molecule has 2 fully saturated rings. The Morgan fingerprint density at radius 2 is 0.836 bits per heavy atom. The monoisotopic (exact) mass is 747 g/mol. The van der Waals surface area contributed by atoms with E-state index in [1.54, 1.807) is 33.4 Å². The van der Waals surface area contributed by atoms with Crippen molar-refractivity contribution in [2.45, 2.75) is 205 Å². The SMILES string of the molecule is CCCCCCc1ccc(C2CCC(C3CC=C(CCCOCCCC4=CCC(C5CCC(c6ccc(CCCCCC)cc6)CC5)CC4)CC3)CC2)cc1. The fourth-order valence-corrected chi connectivity index (χ4v) is 11.3. The van der Waals surface area contributed by atoms with Crippen LogP contribution in [0, 0.1) is 23.7 Å². The van der Waals surface area contributed by atoms with Crippen LogP contribution in [0.15, 0.2) is 71.8 Å². The van der Waals surface area contributed by atoms with E-state index in [9.17, 15) is 0 Å². The van der Waals surface area contributed by atoms with Gasteiger partial charge in [0.25, 0.3) is 0 Å². The number of hydrogen-bond donors (Lipinski definition) is 0. The molecule has 0 amide bonds. The molecule has 0 bridgehead atoms. The zero-order chi connectivity index (χ0) is 37.9. The fraction of sp³-hybridized carbons (Fsp3) is 0.704. The van der Waals surface area contributed by atoms with Crippen molar-refractivity contribution in [3.8, 4) is 0 Å². The van der Waals surface area contributed by atoms with Crippen molar-refractivity contribution in [2.24, 2.45) is 23.7 Å². The summed E-state index contributed by atoms with van der Waals surface area (Å²) in [6, 6.07) is 19.6. The molecule has 0 spiro atoms. The van der Waals surface area contributed by atoms with Crippen molar-refractivity contribution in [3.63, 3.8) is 0 Å². The standard InChI is InChI=1S/C54H82O/c1-3-5-7-9-13-43-17-25-47(26-18-43)51-33-37-53(38-34-51)49-29-21-45(22-30-49)15-11-41-55-42-12-16-46-23-31-50(32-24-46)54-39-35-52(36-40-54)48-27-19-44(20-28-48)14-10-8-6-4-2/h17-21,23,25-28,49-54H,3-16,22,24,29-42H2,1-2H3. The molecule has 1 nitrogen and oxygen atoms in total. The zero-order valence-electron chi connectivity index (χ0n) is 35.9. The second-order valence-corrected chi connectivity index (χ2v) is 18.9. The molecule has 2 atom stereocenters. The summed E-state index contributed by atoms with van der Waals surface area (Å²) in [6.07, 6.45) is 43.2. The summed E-state index contributed by atoms with van der Waals surface area (Å²) >= 11 is 0. The van der Waals surface area contributed by atoms with Crippen LogP contribution in [0.25, 0.3) is 0 Å². The van der Waals surface area contributed by atoms with Crippen LogP contribution in [0.1, 0.15) is 215 Å². The number of unbranched alkanes of at least 4 members (excludes halogenated alkanes) is 6. The van der Waals surface area contributed by atoms with Gasteiger partial charge in [-0.25, -0.2) is 0 Å². The molecule has 0 aliphatic heterocycles. The molecule has 2 aromatic rings. The van der Waals surface area contributed by atoms with Gasteiger partial charge in [-0.05, 0) is 199 Å². The Balaban J connectivity index is 0.769. The molecule has 2 saturated carbocycles. The Bertz CT molecular complexity index is 1270. The molecular formula is C54H82O. The van der Waals surface area contributed by atoms with Gasteiger partial charge in [0.05, 0.1) is 0 Å². The molecule has 0 heterocycles. The van der Waals surface area contributed by atoms with E-state index in [4.69, 9.17) is 4.74 Å². The fourth-order valence-electron chi connectivity index (χ4n) is 11.3. The Labute approximate surface area is 340 Å². The minimum atomic E-state index is 0.797. The minimum absolute atomic E-state index is 0.797. The van der Waals surface area contributed by atoms with Crippen molar-refractivity contribution in [1.29, 1.82) is 0 Å². The molecule has 4 aliphatic carbocycles. The van der Waals surface area contributed by atoms with E-state index in [1.165, 1.54) is 180 Å². The molecule has 1 heteroatoms. The lowest BCUT2D eigenvalue weighted by atomic mass is 9.70. The van der Waals surface area contributed by atoms with E-state index >= 15 is 0 Å². The first kappa shape index (κ1) is 42.5. The number of aryl methyl sites for hydroxylation is 2. The number of benzene rings is 2. The van der Waals surface area contributed by atoms with Crippen LogP contribution >= 0.6 is 0 Å². The van der Waals surface area contributed by atoms with Crippen molar-refractivity contribution >= 4 is 0 Å². The summed E-state index contributed by atoms with van der Waals surface area (Å²) in [5.41, 5.74) is 9.74. The van der Waals surface area contributed by atoms with E-state index in [2.05, 4.69) is 74.5 Å². The van der Waals surface area contributed by atoms with Gasteiger partial charge in [0.2, 0.25) is 0 Å². The lowest BCUT2D eigenvalue weighted by Gasteiger charge is -2.35. The molecule has 0 aromatic heterocycles. The maximum absolute atomic E-state index is 6.15. The first-order valence-corrected chi connectivity index (χ1v) is 24.3. The van der Waals surface area contributed by atoms with Crippen LogP contribution in [0.4, 0.5) is 0 Å². The molecule has 2 unspecified atom stereocenters. The van der Waals surface area contributed by atoms with Gasteiger partial charge in [-0.2, -0.15) is 0 Å².